The third-order valence-electron chi connectivity index (χ3n) is 2.58. The number of H-pyrrole nitrogens is 1. The van der Waals surface area contributed by atoms with Crippen molar-refractivity contribution < 1.29 is 4.54 Å². The molecule has 5 heteroatoms. The van der Waals surface area contributed by atoms with Gasteiger partial charge in [-0.1, -0.05) is 35.4 Å². The summed E-state index contributed by atoms with van der Waals surface area (Å²) >= 11 is 0. The van der Waals surface area contributed by atoms with Gasteiger partial charge in [0.1, 0.15) is 5.52 Å². The summed E-state index contributed by atoms with van der Waals surface area (Å²) in [4.78, 5) is 16.1. The maximum absolute atomic E-state index is 11.8. The van der Waals surface area contributed by atoms with E-state index in [-0.39, 0.29) is 0 Å². The lowest BCUT2D eigenvalue weighted by atomic mass is 10.3. The van der Waals surface area contributed by atoms with Crippen molar-refractivity contribution in [3.63, 3.8) is 0 Å². The monoisotopic (exact) mass is 239 g/mol. The number of hydrogen-bond acceptors (Lipinski definition) is 3. The first-order valence-electron chi connectivity index (χ1n) is 5.57. The summed E-state index contributed by atoms with van der Waals surface area (Å²) in [5.41, 5.74) is 2.03. The minimum absolute atomic E-state index is 0.412. The fourth-order valence-corrected chi connectivity index (χ4v) is 1.75. The lowest BCUT2D eigenvalue weighted by Crippen LogP contribution is -2.22. The highest BCUT2D eigenvalue weighted by Crippen LogP contribution is 2.12. The van der Waals surface area contributed by atoms with E-state index < -0.39 is 0 Å². The van der Waals surface area contributed by atoms with Gasteiger partial charge in [-0.25, -0.2) is 4.98 Å². The van der Waals surface area contributed by atoms with Crippen LogP contribution in [0.15, 0.2) is 54.6 Å². The Hall–Kier alpha value is -2.69. The standard InChI is InChI=1S/C13H11N4O/c18-17-12-9-5-4-8-11(12)15-13(16-17)14-10-6-2-1-3-7-10/h1-9H,(H2,14,15,16,18)/q+1. The van der Waals surface area contributed by atoms with E-state index in [9.17, 15) is 4.91 Å². The van der Waals surface area contributed by atoms with Crippen molar-refractivity contribution in [3.8, 4) is 0 Å². The van der Waals surface area contributed by atoms with Crippen molar-refractivity contribution in [3.05, 3.63) is 59.5 Å². The Balaban J connectivity index is 2.06. The molecule has 0 fully saturated rings. The normalized spacial score (nSPS) is 10.4. The molecular formula is C13H11N4O+. The Kier molecular flexibility index (Phi) is 2.49. The number of para-hydroxylation sites is 3. The Morgan fingerprint density at radius 3 is 2.56 bits per heavy atom. The molecular weight excluding hydrogens is 228 g/mol. The highest BCUT2D eigenvalue weighted by Gasteiger charge is 2.09. The van der Waals surface area contributed by atoms with Crippen LogP contribution in [0.4, 0.5) is 11.6 Å². The van der Waals surface area contributed by atoms with E-state index in [0.717, 1.165) is 5.69 Å². The van der Waals surface area contributed by atoms with E-state index in [4.69, 9.17) is 0 Å². The highest BCUT2D eigenvalue weighted by molar-refractivity contribution is 5.71. The zero-order valence-electron chi connectivity index (χ0n) is 9.50. The fraction of sp³-hybridized carbons (Fsp3) is 0. The number of benzene rings is 2. The first-order chi connectivity index (χ1) is 8.83. The molecule has 3 rings (SSSR count). The van der Waals surface area contributed by atoms with E-state index in [0.29, 0.717) is 21.5 Å². The van der Waals surface area contributed by atoms with E-state index in [1.165, 1.54) is 0 Å². The van der Waals surface area contributed by atoms with Gasteiger partial charge in [-0.05, 0) is 18.2 Å². The van der Waals surface area contributed by atoms with Gasteiger partial charge in [-0.2, -0.15) is 0 Å². The maximum Gasteiger partial charge on any atom is 0.317 e. The van der Waals surface area contributed by atoms with Crippen LogP contribution < -0.4 is 9.86 Å². The zero-order chi connectivity index (χ0) is 12.4. The average molecular weight is 239 g/mol. The van der Waals surface area contributed by atoms with Crippen molar-refractivity contribution in [2.75, 3.05) is 5.32 Å². The first kappa shape index (κ1) is 10.5. The van der Waals surface area contributed by atoms with Gasteiger partial charge in [0.05, 0.1) is 4.91 Å². The predicted octanol–water partition coefficient (Wildman–Crippen LogP) is 2.22. The Bertz CT molecular complexity index is 737. The summed E-state index contributed by atoms with van der Waals surface area (Å²) in [7, 11) is 0. The van der Waals surface area contributed by atoms with Crippen LogP contribution in [0, 0.1) is 4.91 Å². The molecule has 0 unspecified atom stereocenters. The van der Waals surface area contributed by atoms with E-state index in [1.807, 2.05) is 36.4 Å². The van der Waals surface area contributed by atoms with Gasteiger partial charge in [0.25, 0.3) is 5.95 Å². The molecule has 0 aliphatic rings. The summed E-state index contributed by atoms with van der Waals surface area (Å²) in [5.74, 6) is 0.412. The van der Waals surface area contributed by atoms with Crippen LogP contribution in [0.2, 0.25) is 0 Å². The quantitative estimate of drug-likeness (QED) is 0.674. The molecule has 0 bridgehead atoms. The van der Waals surface area contributed by atoms with Gasteiger partial charge in [0, 0.05) is 11.8 Å². The largest absolute Gasteiger partial charge is 0.322 e. The molecule has 0 spiro atoms. The molecule has 0 aliphatic heterocycles. The van der Waals surface area contributed by atoms with Crippen LogP contribution in [-0.4, -0.2) is 10.1 Å². The molecule has 0 aliphatic carbocycles. The molecule has 2 N–H and O–H groups in total. The molecule has 1 aromatic heterocycles. The molecule has 3 aromatic rings. The number of aromatic amines is 1. The second kappa shape index (κ2) is 4.29. The summed E-state index contributed by atoms with van der Waals surface area (Å²) in [6.07, 6.45) is 0. The Morgan fingerprint density at radius 2 is 1.72 bits per heavy atom. The lowest BCUT2D eigenvalue weighted by molar-refractivity contribution is -0.535. The van der Waals surface area contributed by atoms with Crippen molar-refractivity contribution >= 4 is 22.7 Å². The number of fused-ring (bicyclic) bond motifs is 1. The summed E-state index contributed by atoms with van der Waals surface area (Å²) in [6, 6.07) is 16.7. The molecule has 0 atom stereocenters. The minimum atomic E-state index is 0.412. The third kappa shape index (κ3) is 1.93. The summed E-state index contributed by atoms with van der Waals surface area (Å²) in [5, 5.41) is 5.69. The predicted molar refractivity (Wildman–Crippen MR) is 69.2 cm³/mol. The molecule has 18 heavy (non-hydrogen) atoms. The van der Waals surface area contributed by atoms with Gasteiger partial charge in [-0.3, -0.25) is 0 Å². The minimum Gasteiger partial charge on any atom is -0.322 e. The Morgan fingerprint density at radius 1 is 1.00 bits per heavy atom. The molecule has 0 saturated heterocycles. The number of aromatic nitrogens is 3. The van der Waals surface area contributed by atoms with Crippen LogP contribution >= 0.6 is 0 Å². The van der Waals surface area contributed by atoms with Gasteiger partial charge in [0.2, 0.25) is 0 Å². The molecule has 5 nitrogen and oxygen atoms in total. The highest BCUT2D eigenvalue weighted by atomic mass is 16.3. The number of rotatable bonds is 2. The van der Waals surface area contributed by atoms with E-state index in [2.05, 4.69) is 15.4 Å². The molecule has 1 heterocycles. The fourth-order valence-electron chi connectivity index (χ4n) is 1.75. The summed E-state index contributed by atoms with van der Waals surface area (Å²) in [6.45, 7) is 0. The number of nitrogens with one attached hydrogen (secondary N) is 2. The van der Waals surface area contributed by atoms with E-state index in [1.54, 1.807) is 18.2 Å². The van der Waals surface area contributed by atoms with Crippen molar-refractivity contribution in [1.82, 2.24) is 10.1 Å². The van der Waals surface area contributed by atoms with Crippen LogP contribution in [0.1, 0.15) is 0 Å². The smallest absolute Gasteiger partial charge is 0.317 e. The average Bonchev–Trinajstić information content (AvgIpc) is 2.40. The molecule has 2 aromatic carbocycles. The van der Waals surface area contributed by atoms with E-state index >= 15 is 0 Å². The zero-order valence-corrected chi connectivity index (χ0v) is 9.50. The third-order valence-corrected chi connectivity index (χ3v) is 2.58. The van der Waals surface area contributed by atoms with Crippen LogP contribution in [-0.2, 0) is 0 Å². The number of nitrogens with zero attached hydrogens (tertiary/aromatic N) is 2. The van der Waals surface area contributed by atoms with Crippen LogP contribution in [0.5, 0.6) is 0 Å². The molecule has 88 valence electrons. The summed E-state index contributed by atoms with van der Waals surface area (Å²) < 4.78 is 0.702. The van der Waals surface area contributed by atoms with Gasteiger partial charge in [-0.15, -0.1) is 0 Å². The van der Waals surface area contributed by atoms with Gasteiger partial charge in [0.15, 0.2) is 4.54 Å². The SMILES string of the molecule is O=[n+]1[nH]c(Nc2ccccc2)nc2ccccc21. The molecule has 0 amide bonds. The van der Waals surface area contributed by atoms with Crippen LogP contribution in [0.25, 0.3) is 11.0 Å². The molecule has 0 saturated carbocycles. The van der Waals surface area contributed by atoms with Gasteiger partial charge < -0.3 is 5.32 Å². The molecule has 0 radical (unpaired) electrons. The van der Waals surface area contributed by atoms with Crippen molar-refractivity contribution in [1.29, 1.82) is 0 Å². The van der Waals surface area contributed by atoms with Crippen LogP contribution in [0.3, 0.4) is 0 Å². The maximum atomic E-state index is 11.8. The Labute approximate surface area is 103 Å². The lowest BCUT2D eigenvalue weighted by Gasteiger charge is -2.02. The van der Waals surface area contributed by atoms with Crippen molar-refractivity contribution in [2.24, 2.45) is 0 Å². The second-order valence-electron chi connectivity index (χ2n) is 3.85. The van der Waals surface area contributed by atoms with Crippen molar-refractivity contribution in [2.45, 2.75) is 0 Å². The first-order valence-corrected chi connectivity index (χ1v) is 5.57. The topological polar surface area (TPSA) is 63.7 Å². The second-order valence-corrected chi connectivity index (χ2v) is 3.85. The van der Waals surface area contributed by atoms with Gasteiger partial charge >= 0.3 is 5.52 Å². The number of anilines is 2. The number of hydrogen-bond donors (Lipinski definition) is 2.